The Morgan fingerprint density at radius 2 is 1.26 bits per heavy atom. The Labute approximate surface area is 234 Å². The van der Waals surface area contributed by atoms with E-state index in [2.05, 4.69) is 62.3 Å². The van der Waals surface area contributed by atoms with E-state index in [1.54, 1.807) is 36.8 Å². The summed E-state index contributed by atoms with van der Waals surface area (Å²) in [7, 11) is 0. The van der Waals surface area contributed by atoms with Crippen molar-refractivity contribution in [3.8, 4) is 34.3 Å². The molecule has 6 aromatic rings. The van der Waals surface area contributed by atoms with E-state index in [9.17, 15) is 8.78 Å². The molecule has 0 fully saturated rings. The Hall–Kier alpha value is -4.68. The minimum Gasteiger partial charge on any atom is -0.329 e. The zero-order valence-electron chi connectivity index (χ0n) is 20.4. The number of nitrogens with zero attached hydrogens (tertiary/aromatic N) is 11. The van der Waals surface area contributed by atoms with Gasteiger partial charge >= 0.3 is 20.1 Å². The van der Waals surface area contributed by atoms with Gasteiger partial charge in [0.2, 0.25) is 0 Å². The Morgan fingerprint density at radius 3 is 1.69 bits per heavy atom. The van der Waals surface area contributed by atoms with Gasteiger partial charge in [-0.2, -0.15) is 10.4 Å². The first-order chi connectivity index (χ1) is 18.5. The van der Waals surface area contributed by atoms with Gasteiger partial charge in [-0.25, -0.2) is 0 Å². The molecule has 0 aliphatic rings. The SMILES string of the molecule is Cc1ccnc(-c2nnn[n-]2)c1.Cc1ccnc(-c2nnn[n-]2)c1.Fc1c[c-]c(-c2ccccn2)c(F)c1.[Ir+3]. The predicted octanol–water partition coefficient (Wildman–Crippen LogP) is 3.22. The first-order valence-corrected chi connectivity index (χ1v) is 11.0. The maximum Gasteiger partial charge on any atom is 3.00 e. The molecule has 196 valence electrons. The third kappa shape index (κ3) is 8.42. The molecular weight excluding hydrogens is 685 g/mol. The zero-order chi connectivity index (χ0) is 26.7. The standard InChI is InChI=1S/C11H6F2N.2C7H6N5.Ir/c12-8-4-5-9(10(13)7-8)11-3-1-2-6-14-11;2*1-5-2-3-8-6(4-5)7-9-11-12-10-7;/h1-4,6-7H;2*2-4H,1H3;/q3*-1;+3. The number of benzene rings is 1. The van der Waals surface area contributed by atoms with Gasteiger partial charge in [0.15, 0.2) is 0 Å². The van der Waals surface area contributed by atoms with Crippen LogP contribution in [0.25, 0.3) is 34.3 Å². The summed E-state index contributed by atoms with van der Waals surface area (Å²) in [5.41, 5.74) is 4.28. The molecular formula is C25H18F2IrN11. The molecule has 0 saturated heterocycles. The summed E-state index contributed by atoms with van der Waals surface area (Å²) in [6.45, 7) is 3.96. The summed E-state index contributed by atoms with van der Waals surface area (Å²) < 4.78 is 25.8. The van der Waals surface area contributed by atoms with E-state index in [4.69, 9.17) is 0 Å². The fourth-order valence-corrected chi connectivity index (χ4v) is 2.96. The summed E-state index contributed by atoms with van der Waals surface area (Å²) >= 11 is 0. The van der Waals surface area contributed by atoms with Crippen molar-refractivity contribution >= 4 is 0 Å². The second-order valence-corrected chi connectivity index (χ2v) is 7.60. The molecule has 0 atom stereocenters. The molecule has 14 heteroatoms. The van der Waals surface area contributed by atoms with Crippen molar-refractivity contribution in [3.63, 3.8) is 0 Å². The van der Waals surface area contributed by atoms with Gasteiger partial charge in [-0.1, -0.05) is 23.8 Å². The first kappa shape index (κ1) is 28.9. The van der Waals surface area contributed by atoms with Crippen LogP contribution in [0.4, 0.5) is 8.78 Å². The Morgan fingerprint density at radius 1 is 0.692 bits per heavy atom. The van der Waals surface area contributed by atoms with Gasteiger partial charge < -0.3 is 15.2 Å². The minimum atomic E-state index is -0.649. The quantitative estimate of drug-likeness (QED) is 0.251. The predicted molar refractivity (Wildman–Crippen MR) is 131 cm³/mol. The molecule has 0 radical (unpaired) electrons. The van der Waals surface area contributed by atoms with E-state index >= 15 is 0 Å². The molecule has 0 unspecified atom stereocenters. The van der Waals surface area contributed by atoms with Crippen molar-refractivity contribution < 1.29 is 28.9 Å². The molecule has 0 bridgehead atoms. The van der Waals surface area contributed by atoms with Crippen LogP contribution in [0.2, 0.25) is 0 Å². The average Bonchev–Trinajstić information content (AvgIpc) is 3.65. The second-order valence-electron chi connectivity index (χ2n) is 7.60. The topological polar surface area (TPSA) is 144 Å². The molecule has 5 aromatic heterocycles. The molecule has 0 N–H and O–H groups in total. The van der Waals surface area contributed by atoms with E-state index in [-0.39, 0.29) is 25.7 Å². The van der Waals surface area contributed by atoms with E-state index in [0.29, 0.717) is 28.7 Å². The van der Waals surface area contributed by atoms with Crippen LogP contribution in [-0.2, 0) is 20.1 Å². The van der Waals surface area contributed by atoms with Gasteiger partial charge in [0.05, 0.1) is 23.0 Å². The third-order valence-corrected chi connectivity index (χ3v) is 4.71. The maximum atomic E-state index is 13.2. The molecule has 0 aliphatic carbocycles. The van der Waals surface area contributed by atoms with Crippen LogP contribution in [0.15, 0.2) is 73.2 Å². The second kappa shape index (κ2) is 14.3. The number of aryl methyl sites for hydroxylation is 2. The monoisotopic (exact) mass is 703 g/mol. The number of aromatic nitrogens is 11. The minimum absolute atomic E-state index is 0. The van der Waals surface area contributed by atoms with Crippen molar-refractivity contribution in [2.75, 3.05) is 0 Å². The van der Waals surface area contributed by atoms with Crippen LogP contribution in [0, 0.1) is 31.5 Å². The van der Waals surface area contributed by atoms with Crippen molar-refractivity contribution in [3.05, 3.63) is 102 Å². The van der Waals surface area contributed by atoms with E-state index in [1.165, 1.54) is 0 Å². The van der Waals surface area contributed by atoms with E-state index < -0.39 is 11.6 Å². The van der Waals surface area contributed by atoms with Gasteiger partial charge in [-0.15, -0.1) is 12.1 Å². The van der Waals surface area contributed by atoms with Crippen LogP contribution in [-0.4, -0.2) is 46.0 Å². The fraction of sp³-hybridized carbons (Fsp3) is 0.0800. The summed E-state index contributed by atoms with van der Waals surface area (Å²) in [4.78, 5) is 12.1. The summed E-state index contributed by atoms with van der Waals surface area (Å²) in [5, 5.41) is 28.3. The molecule has 1 aromatic carbocycles. The number of pyridine rings is 3. The molecule has 6 rings (SSSR count). The molecule has 0 aliphatic heterocycles. The number of halogens is 2. The zero-order valence-corrected chi connectivity index (χ0v) is 22.8. The van der Waals surface area contributed by atoms with Gasteiger partial charge in [0.25, 0.3) is 0 Å². The molecule has 11 nitrogen and oxygen atoms in total. The van der Waals surface area contributed by atoms with Crippen LogP contribution in [0.5, 0.6) is 0 Å². The number of hydrogen-bond acceptors (Lipinski definition) is 9. The normalized spacial score (nSPS) is 9.85. The number of tetrazole rings is 2. The van der Waals surface area contributed by atoms with E-state index in [1.807, 2.05) is 38.1 Å². The van der Waals surface area contributed by atoms with Gasteiger partial charge in [-0.3, -0.25) is 39.4 Å². The Balaban J connectivity index is 0.000000160. The fourth-order valence-electron chi connectivity index (χ4n) is 2.96. The number of hydrogen-bond donors (Lipinski definition) is 0. The van der Waals surface area contributed by atoms with Crippen LogP contribution < -0.4 is 10.2 Å². The third-order valence-electron chi connectivity index (χ3n) is 4.71. The maximum absolute atomic E-state index is 13.2. The molecule has 0 spiro atoms. The average molecular weight is 703 g/mol. The van der Waals surface area contributed by atoms with Crippen molar-refractivity contribution in [2.45, 2.75) is 13.8 Å². The van der Waals surface area contributed by atoms with Gasteiger partial charge in [-0.05, 0) is 61.0 Å². The van der Waals surface area contributed by atoms with Gasteiger partial charge in [0, 0.05) is 30.2 Å². The molecule has 39 heavy (non-hydrogen) atoms. The smallest absolute Gasteiger partial charge is 0.329 e. The van der Waals surface area contributed by atoms with E-state index in [0.717, 1.165) is 23.3 Å². The molecule has 0 amide bonds. The number of rotatable bonds is 3. The van der Waals surface area contributed by atoms with Crippen molar-refractivity contribution in [1.82, 2.24) is 56.2 Å². The largest absolute Gasteiger partial charge is 3.00 e. The summed E-state index contributed by atoms with van der Waals surface area (Å²) in [6.07, 6.45) is 4.97. The first-order valence-electron chi connectivity index (χ1n) is 11.0. The Kier molecular flexibility index (Phi) is 10.6. The molecule has 0 saturated carbocycles. The summed E-state index contributed by atoms with van der Waals surface area (Å²) in [6, 6.07) is 17.1. The van der Waals surface area contributed by atoms with Crippen molar-refractivity contribution in [1.29, 1.82) is 0 Å². The van der Waals surface area contributed by atoms with Crippen LogP contribution in [0.1, 0.15) is 11.1 Å². The van der Waals surface area contributed by atoms with Crippen LogP contribution in [0.3, 0.4) is 0 Å². The van der Waals surface area contributed by atoms with Crippen LogP contribution >= 0.6 is 0 Å². The van der Waals surface area contributed by atoms with Gasteiger partial charge in [0.1, 0.15) is 0 Å². The van der Waals surface area contributed by atoms with Crippen molar-refractivity contribution in [2.24, 2.45) is 0 Å². The Bertz CT molecular complexity index is 1490. The molecule has 5 heterocycles. The summed E-state index contributed by atoms with van der Waals surface area (Å²) in [5.74, 6) is -0.344.